The molecule has 2 aromatic rings. The Morgan fingerprint density at radius 2 is 2.00 bits per heavy atom. The van der Waals surface area contributed by atoms with Crippen molar-refractivity contribution >= 4 is 15.9 Å². The van der Waals surface area contributed by atoms with Gasteiger partial charge in [-0.2, -0.15) is 0 Å². The van der Waals surface area contributed by atoms with Gasteiger partial charge >= 0.3 is 0 Å². The third-order valence-electron chi connectivity index (χ3n) is 3.43. The van der Waals surface area contributed by atoms with Gasteiger partial charge < -0.3 is 5.32 Å². The Bertz CT molecular complexity index is 789. The summed E-state index contributed by atoms with van der Waals surface area (Å²) in [6.45, 7) is 2.20. The van der Waals surface area contributed by atoms with E-state index in [1.807, 2.05) is 18.2 Å². The molecular formula is C16H19N3O3S. The molecule has 0 aliphatic heterocycles. The van der Waals surface area contributed by atoms with Crippen molar-refractivity contribution in [3.05, 3.63) is 59.4 Å². The number of carbonyl (C=O) groups is 1. The van der Waals surface area contributed by atoms with Crippen LogP contribution in [-0.4, -0.2) is 32.9 Å². The fourth-order valence-corrected chi connectivity index (χ4v) is 2.83. The molecule has 1 aromatic carbocycles. The Balaban J connectivity index is 2.08. The van der Waals surface area contributed by atoms with Crippen molar-refractivity contribution < 1.29 is 13.2 Å². The second-order valence-electron chi connectivity index (χ2n) is 5.01. The number of sulfonamides is 1. The smallest absolute Gasteiger partial charge is 0.251 e. The SMILES string of the molecule is CNS(=O)(=O)c1ccc(C)c(C(=O)NCCc2ccccn2)c1. The summed E-state index contributed by atoms with van der Waals surface area (Å²) < 4.78 is 25.9. The van der Waals surface area contributed by atoms with Crippen LogP contribution < -0.4 is 10.0 Å². The van der Waals surface area contributed by atoms with Gasteiger partial charge in [-0.05, 0) is 43.8 Å². The Hall–Kier alpha value is -2.25. The quantitative estimate of drug-likeness (QED) is 0.833. The predicted octanol–water partition coefficient (Wildman–Crippen LogP) is 1.27. The molecule has 23 heavy (non-hydrogen) atoms. The highest BCUT2D eigenvalue weighted by Crippen LogP contribution is 2.15. The molecule has 0 radical (unpaired) electrons. The fourth-order valence-electron chi connectivity index (χ4n) is 2.08. The van der Waals surface area contributed by atoms with E-state index in [9.17, 15) is 13.2 Å². The first-order valence-electron chi connectivity index (χ1n) is 7.16. The molecule has 0 saturated heterocycles. The third kappa shape index (κ3) is 4.37. The van der Waals surface area contributed by atoms with Crippen molar-refractivity contribution in [3.63, 3.8) is 0 Å². The van der Waals surface area contributed by atoms with E-state index in [1.54, 1.807) is 19.2 Å². The molecule has 1 aromatic heterocycles. The highest BCUT2D eigenvalue weighted by atomic mass is 32.2. The molecule has 1 amide bonds. The fraction of sp³-hybridized carbons (Fsp3) is 0.250. The maximum absolute atomic E-state index is 12.3. The summed E-state index contributed by atoms with van der Waals surface area (Å²) in [4.78, 5) is 16.5. The van der Waals surface area contributed by atoms with Gasteiger partial charge in [0.25, 0.3) is 5.91 Å². The van der Waals surface area contributed by atoms with Crippen LogP contribution >= 0.6 is 0 Å². The number of nitrogens with zero attached hydrogens (tertiary/aromatic N) is 1. The molecule has 0 saturated carbocycles. The molecule has 0 spiro atoms. The van der Waals surface area contributed by atoms with Crippen molar-refractivity contribution in [2.24, 2.45) is 0 Å². The van der Waals surface area contributed by atoms with Crippen LogP contribution in [0, 0.1) is 6.92 Å². The first-order valence-corrected chi connectivity index (χ1v) is 8.64. The van der Waals surface area contributed by atoms with Crippen LogP contribution in [0.15, 0.2) is 47.5 Å². The Labute approximate surface area is 136 Å². The topological polar surface area (TPSA) is 88.2 Å². The maximum atomic E-state index is 12.3. The number of hydrogen-bond acceptors (Lipinski definition) is 4. The van der Waals surface area contributed by atoms with Crippen LogP contribution in [0.25, 0.3) is 0 Å². The summed E-state index contributed by atoms with van der Waals surface area (Å²) in [7, 11) is -2.24. The number of rotatable bonds is 6. The van der Waals surface area contributed by atoms with E-state index in [0.717, 1.165) is 11.3 Å². The Kier molecular flexibility index (Phi) is 5.46. The van der Waals surface area contributed by atoms with E-state index >= 15 is 0 Å². The molecule has 6 nitrogen and oxygen atoms in total. The van der Waals surface area contributed by atoms with Gasteiger partial charge in [0.15, 0.2) is 0 Å². The zero-order valence-electron chi connectivity index (χ0n) is 13.0. The molecule has 122 valence electrons. The van der Waals surface area contributed by atoms with Crippen LogP contribution in [0.1, 0.15) is 21.6 Å². The molecule has 0 unspecified atom stereocenters. The monoisotopic (exact) mass is 333 g/mol. The lowest BCUT2D eigenvalue weighted by molar-refractivity contribution is 0.0953. The van der Waals surface area contributed by atoms with E-state index in [1.165, 1.54) is 19.2 Å². The van der Waals surface area contributed by atoms with Crippen LogP contribution in [-0.2, 0) is 16.4 Å². The van der Waals surface area contributed by atoms with Gasteiger partial charge in [0.1, 0.15) is 0 Å². The lowest BCUT2D eigenvalue weighted by Gasteiger charge is -2.10. The highest BCUT2D eigenvalue weighted by molar-refractivity contribution is 7.89. The minimum Gasteiger partial charge on any atom is -0.352 e. The largest absolute Gasteiger partial charge is 0.352 e. The number of pyridine rings is 1. The predicted molar refractivity (Wildman–Crippen MR) is 87.7 cm³/mol. The number of hydrogen-bond donors (Lipinski definition) is 2. The lowest BCUT2D eigenvalue weighted by Crippen LogP contribution is -2.27. The molecule has 2 rings (SSSR count). The number of aromatic nitrogens is 1. The Morgan fingerprint density at radius 1 is 1.22 bits per heavy atom. The van der Waals surface area contributed by atoms with E-state index in [4.69, 9.17) is 0 Å². The summed E-state index contributed by atoms with van der Waals surface area (Å²) >= 11 is 0. The van der Waals surface area contributed by atoms with Gasteiger partial charge in [0.2, 0.25) is 10.0 Å². The molecular weight excluding hydrogens is 314 g/mol. The zero-order valence-corrected chi connectivity index (χ0v) is 13.9. The number of aryl methyl sites for hydroxylation is 1. The number of benzene rings is 1. The van der Waals surface area contributed by atoms with Crippen LogP contribution in [0.2, 0.25) is 0 Å². The molecule has 0 atom stereocenters. The van der Waals surface area contributed by atoms with E-state index in [-0.39, 0.29) is 10.8 Å². The molecule has 0 fully saturated rings. The number of amides is 1. The van der Waals surface area contributed by atoms with Gasteiger partial charge in [-0.1, -0.05) is 12.1 Å². The lowest BCUT2D eigenvalue weighted by atomic mass is 10.1. The molecule has 7 heteroatoms. The summed E-state index contributed by atoms with van der Waals surface area (Å²) in [6.07, 6.45) is 2.31. The summed E-state index contributed by atoms with van der Waals surface area (Å²) in [5, 5.41) is 2.79. The zero-order chi connectivity index (χ0) is 16.9. The molecule has 0 bridgehead atoms. The molecule has 0 aliphatic carbocycles. The molecule has 0 aliphatic rings. The highest BCUT2D eigenvalue weighted by Gasteiger charge is 2.16. The standard InChI is InChI=1S/C16H19N3O3S/c1-12-6-7-14(23(21,22)17-2)11-15(12)16(20)19-10-8-13-5-3-4-9-18-13/h3-7,9,11,17H,8,10H2,1-2H3,(H,19,20). The summed E-state index contributed by atoms with van der Waals surface area (Å²) in [5.41, 5.74) is 1.95. The summed E-state index contributed by atoms with van der Waals surface area (Å²) in [5.74, 6) is -0.299. The van der Waals surface area contributed by atoms with Crippen molar-refractivity contribution in [1.82, 2.24) is 15.0 Å². The van der Waals surface area contributed by atoms with Crippen molar-refractivity contribution in [3.8, 4) is 0 Å². The first kappa shape index (κ1) is 17.1. The van der Waals surface area contributed by atoms with Gasteiger partial charge in [-0.25, -0.2) is 13.1 Å². The minimum atomic E-state index is -3.57. The van der Waals surface area contributed by atoms with Crippen molar-refractivity contribution in [1.29, 1.82) is 0 Å². The first-order chi connectivity index (χ1) is 10.9. The van der Waals surface area contributed by atoms with E-state index in [2.05, 4.69) is 15.0 Å². The van der Waals surface area contributed by atoms with Gasteiger partial charge in [0.05, 0.1) is 4.90 Å². The number of carbonyl (C=O) groups excluding carboxylic acids is 1. The number of nitrogens with one attached hydrogen (secondary N) is 2. The van der Waals surface area contributed by atoms with Crippen molar-refractivity contribution in [2.75, 3.05) is 13.6 Å². The van der Waals surface area contributed by atoms with Crippen LogP contribution in [0.5, 0.6) is 0 Å². The molecule has 1 heterocycles. The third-order valence-corrected chi connectivity index (χ3v) is 4.84. The van der Waals surface area contributed by atoms with Gasteiger partial charge in [-0.3, -0.25) is 9.78 Å². The van der Waals surface area contributed by atoms with E-state index in [0.29, 0.717) is 18.5 Å². The van der Waals surface area contributed by atoms with E-state index < -0.39 is 10.0 Å². The molecule has 2 N–H and O–H groups in total. The van der Waals surface area contributed by atoms with Crippen LogP contribution in [0.4, 0.5) is 0 Å². The van der Waals surface area contributed by atoms with Crippen molar-refractivity contribution in [2.45, 2.75) is 18.2 Å². The normalized spacial score (nSPS) is 11.2. The minimum absolute atomic E-state index is 0.0699. The van der Waals surface area contributed by atoms with Crippen LogP contribution in [0.3, 0.4) is 0 Å². The summed E-state index contributed by atoms with van der Waals surface area (Å²) in [6, 6.07) is 10.1. The average Bonchev–Trinajstić information content (AvgIpc) is 2.56. The second-order valence-corrected chi connectivity index (χ2v) is 6.90. The van der Waals surface area contributed by atoms with Gasteiger partial charge in [0, 0.05) is 30.4 Å². The average molecular weight is 333 g/mol. The Morgan fingerprint density at radius 3 is 2.65 bits per heavy atom. The second kappa shape index (κ2) is 7.34. The van der Waals surface area contributed by atoms with Gasteiger partial charge in [-0.15, -0.1) is 0 Å². The maximum Gasteiger partial charge on any atom is 0.251 e.